The van der Waals surface area contributed by atoms with Crippen molar-refractivity contribution in [3.63, 3.8) is 0 Å². The van der Waals surface area contributed by atoms with E-state index in [4.69, 9.17) is 0 Å². The number of para-hydroxylation sites is 1. The Morgan fingerprint density at radius 2 is 2.13 bits per heavy atom. The molecule has 0 atom stereocenters. The van der Waals surface area contributed by atoms with Crippen LogP contribution in [-0.2, 0) is 11.3 Å². The number of aromatic nitrogens is 3. The molecule has 122 valence electrons. The van der Waals surface area contributed by atoms with Crippen LogP contribution in [0.2, 0.25) is 0 Å². The van der Waals surface area contributed by atoms with Crippen LogP contribution in [0.3, 0.4) is 0 Å². The zero-order valence-electron chi connectivity index (χ0n) is 13.7. The van der Waals surface area contributed by atoms with Crippen LogP contribution in [-0.4, -0.2) is 26.4 Å². The molecule has 0 radical (unpaired) electrons. The molecular formula is C17H22N4OS. The minimum Gasteiger partial charge on any atom is -0.325 e. The summed E-state index contributed by atoms with van der Waals surface area (Å²) in [4.78, 5) is 12.2. The van der Waals surface area contributed by atoms with Crippen molar-refractivity contribution in [1.29, 1.82) is 0 Å². The van der Waals surface area contributed by atoms with Crippen molar-refractivity contribution in [3.8, 4) is 0 Å². The van der Waals surface area contributed by atoms with Crippen molar-refractivity contribution in [2.24, 2.45) is 0 Å². The molecule has 5 nitrogen and oxygen atoms in total. The van der Waals surface area contributed by atoms with Gasteiger partial charge >= 0.3 is 0 Å². The lowest BCUT2D eigenvalue weighted by atomic mass is 10.0. The quantitative estimate of drug-likeness (QED) is 0.622. The maximum absolute atomic E-state index is 12.2. The topological polar surface area (TPSA) is 59.8 Å². The molecule has 1 aromatic heterocycles. The summed E-state index contributed by atoms with van der Waals surface area (Å²) in [6.07, 6.45) is 1.79. The van der Waals surface area contributed by atoms with Gasteiger partial charge < -0.3 is 9.88 Å². The number of hydrogen-bond acceptors (Lipinski definition) is 4. The third-order valence-electron chi connectivity index (χ3n) is 3.40. The lowest BCUT2D eigenvalue weighted by Crippen LogP contribution is -2.16. The number of nitrogens with one attached hydrogen (secondary N) is 1. The van der Waals surface area contributed by atoms with E-state index < -0.39 is 0 Å². The van der Waals surface area contributed by atoms with Gasteiger partial charge in [-0.05, 0) is 24.5 Å². The van der Waals surface area contributed by atoms with Crippen molar-refractivity contribution in [1.82, 2.24) is 14.8 Å². The highest BCUT2D eigenvalue weighted by atomic mass is 32.2. The van der Waals surface area contributed by atoms with Gasteiger partial charge in [-0.1, -0.05) is 49.9 Å². The number of allylic oxidation sites excluding steroid dienone is 1. The summed E-state index contributed by atoms with van der Waals surface area (Å²) >= 11 is 1.38. The largest absolute Gasteiger partial charge is 0.325 e. The van der Waals surface area contributed by atoms with E-state index in [9.17, 15) is 4.79 Å². The van der Waals surface area contributed by atoms with Gasteiger partial charge in [0.2, 0.25) is 5.91 Å². The summed E-state index contributed by atoms with van der Waals surface area (Å²) in [6, 6.07) is 7.89. The van der Waals surface area contributed by atoms with Gasteiger partial charge in [-0.25, -0.2) is 0 Å². The number of aryl methyl sites for hydroxylation is 1. The Morgan fingerprint density at radius 1 is 1.39 bits per heavy atom. The number of carbonyl (C=O) groups is 1. The first-order chi connectivity index (χ1) is 11.0. The number of rotatable bonds is 7. The molecule has 1 N–H and O–H groups in total. The van der Waals surface area contributed by atoms with Crippen LogP contribution in [0.15, 0.2) is 42.1 Å². The van der Waals surface area contributed by atoms with Gasteiger partial charge in [0.15, 0.2) is 5.16 Å². The third kappa shape index (κ3) is 4.45. The number of anilines is 1. The summed E-state index contributed by atoms with van der Waals surface area (Å²) in [7, 11) is 0. The summed E-state index contributed by atoms with van der Waals surface area (Å²) in [5.41, 5.74) is 2.01. The molecule has 1 amide bonds. The third-order valence-corrected chi connectivity index (χ3v) is 4.37. The van der Waals surface area contributed by atoms with E-state index in [0.717, 1.165) is 22.2 Å². The molecule has 0 aliphatic rings. The predicted octanol–water partition coefficient (Wildman–Crippen LogP) is 3.63. The van der Waals surface area contributed by atoms with Crippen molar-refractivity contribution >= 4 is 23.4 Å². The number of benzene rings is 1. The van der Waals surface area contributed by atoms with Crippen LogP contribution < -0.4 is 5.32 Å². The van der Waals surface area contributed by atoms with Gasteiger partial charge in [0, 0.05) is 12.2 Å². The Morgan fingerprint density at radius 3 is 2.83 bits per heavy atom. The summed E-state index contributed by atoms with van der Waals surface area (Å²) in [5, 5.41) is 11.9. The summed E-state index contributed by atoms with van der Waals surface area (Å²) in [5.74, 6) is 1.42. The zero-order chi connectivity index (χ0) is 16.8. The van der Waals surface area contributed by atoms with Crippen LogP contribution in [0.5, 0.6) is 0 Å². The molecule has 0 saturated carbocycles. The van der Waals surface area contributed by atoms with Gasteiger partial charge in [0.25, 0.3) is 0 Å². The van der Waals surface area contributed by atoms with Crippen molar-refractivity contribution < 1.29 is 4.79 Å². The number of nitrogens with zero attached hydrogens (tertiary/aromatic N) is 3. The Bertz CT molecular complexity index is 694. The summed E-state index contributed by atoms with van der Waals surface area (Å²) < 4.78 is 1.94. The fourth-order valence-corrected chi connectivity index (χ4v) is 3.03. The van der Waals surface area contributed by atoms with Gasteiger partial charge in [-0.2, -0.15) is 0 Å². The van der Waals surface area contributed by atoms with Crippen LogP contribution in [0.25, 0.3) is 0 Å². The average molecular weight is 330 g/mol. The maximum atomic E-state index is 12.2. The molecular weight excluding hydrogens is 308 g/mol. The fourth-order valence-electron chi connectivity index (χ4n) is 2.24. The molecule has 0 spiro atoms. The number of thioether (sulfide) groups is 1. The van der Waals surface area contributed by atoms with Crippen LogP contribution in [0.4, 0.5) is 5.69 Å². The number of amides is 1. The molecule has 23 heavy (non-hydrogen) atoms. The predicted molar refractivity (Wildman–Crippen MR) is 94.8 cm³/mol. The van der Waals surface area contributed by atoms with E-state index in [-0.39, 0.29) is 5.91 Å². The van der Waals surface area contributed by atoms with Gasteiger partial charge in [0.05, 0.1) is 5.75 Å². The second kappa shape index (κ2) is 7.97. The minimum absolute atomic E-state index is 0.0473. The van der Waals surface area contributed by atoms with Crippen LogP contribution in [0.1, 0.15) is 31.2 Å². The van der Waals surface area contributed by atoms with Gasteiger partial charge in [-0.3, -0.25) is 4.79 Å². The molecule has 0 aliphatic heterocycles. The molecule has 2 rings (SSSR count). The monoisotopic (exact) mass is 330 g/mol. The van der Waals surface area contributed by atoms with Crippen molar-refractivity contribution in [2.45, 2.75) is 38.4 Å². The molecule has 1 aromatic carbocycles. The molecule has 6 heteroatoms. The first-order valence-electron chi connectivity index (χ1n) is 7.55. The molecule has 0 aliphatic carbocycles. The van der Waals surface area contributed by atoms with E-state index in [1.54, 1.807) is 6.08 Å². The SMILES string of the molecule is C=CCn1c(C)nnc1SCC(=O)Nc1ccccc1C(C)C. The van der Waals surface area contributed by atoms with Crippen molar-refractivity contribution in [3.05, 3.63) is 48.3 Å². The first kappa shape index (κ1) is 17.3. The smallest absolute Gasteiger partial charge is 0.234 e. The van der Waals surface area contributed by atoms with E-state index in [2.05, 4.69) is 35.9 Å². The molecule has 1 heterocycles. The van der Waals surface area contributed by atoms with E-state index in [1.165, 1.54) is 11.8 Å². The molecule has 0 saturated heterocycles. The highest BCUT2D eigenvalue weighted by molar-refractivity contribution is 7.99. The zero-order valence-corrected chi connectivity index (χ0v) is 14.6. The molecule has 0 bridgehead atoms. The van der Waals surface area contributed by atoms with Crippen molar-refractivity contribution in [2.75, 3.05) is 11.1 Å². The maximum Gasteiger partial charge on any atom is 0.234 e. The van der Waals surface area contributed by atoms with Gasteiger partial charge in [-0.15, -0.1) is 16.8 Å². The lowest BCUT2D eigenvalue weighted by molar-refractivity contribution is -0.113. The molecule has 0 unspecified atom stereocenters. The average Bonchev–Trinajstić information content (AvgIpc) is 2.87. The second-order valence-corrected chi connectivity index (χ2v) is 6.45. The van der Waals surface area contributed by atoms with Crippen LogP contribution in [0, 0.1) is 6.92 Å². The number of hydrogen-bond donors (Lipinski definition) is 1. The van der Waals surface area contributed by atoms with Gasteiger partial charge in [0.1, 0.15) is 5.82 Å². The normalized spacial score (nSPS) is 10.8. The Hall–Kier alpha value is -2.08. The Labute approximate surface area is 141 Å². The van der Waals surface area contributed by atoms with E-state index in [1.807, 2.05) is 35.8 Å². The molecule has 0 fully saturated rings. The first-order valence-corrected chi connectivity index (χ1v) is 8.53. The highest BCUT2D eigenvalue weighted by Gasteiger charge is 2.13. The van der Waals surface area contributed by atoms with Crippen LogP contribution >= 0.6 is 11.8 Å². The highest BCUT2D eigenvalue weighted by Crippen LogP contribution is 2.24. The number of carbonyl (C=O) groups excluding carboxylic acids is 1. The lowest BCUT2D eigenvalue weighted by Gasteiger charge is -2.13. The minimum atomic E-state index is -0.0473. The van der Waals surface area contributed by atoms with E-state index >= 15 is 0 Å². The standard InChI is InChI=1S/C17H22N4OS/c1-5-10-21-13(4)19-20-17(21)23-11-16(22)18-15-9-7-6-8-14(15)12(2)3/h5-9,12H,1,10-11H2,2-4H3,(H,18,22). The fraction of sp³-hybridized carbons (Fsp3) is 0.353. The van der Waals surface area contributed by atoms with E-state index in [0.29, 0.717) is 18.2 Å². The summed E-state index contributed by atoms with van der Waals surface area (Å²) in [6.45, 7) is 10.5. The Kier molecular flexibility index (Phi) is 5.98. The molecule has 2 aromatic rings. The Balaban J connectivity index is 2.00. The second-order valence-electron chi connectivity index (χ2n) is 5.51.